The standard InChI is InChI=1S/C14H14Si/c1-2-8-14(9-3-1)15-10-12-6-4-5-7-13(12)11-15/h1-9,15H,10-11H2. The molecule has 0 N–H and O–H groups in total. The van der Waals surface area contributed by atoms with Gasteiger partial charge in [0, 0.05) is 0 Å². The minimum Gasteiger partial charge on any atom is -0.0633 e. The Labute approximate surface area is 92.2 Å². The topological polar surface area (TPSA) is 0 Å². The Balaban J connectivity index is 1.91. The highest BCUT2D eigenvalue weighted by atomic mass is 28.3. The van der Waals surface area contributed by atoms with E-state index in [0.29, 0.717) is 0 Å². The predicted octanol–water partition coefficient (Wildman–Crippen LogP) is 2.00. The maximum absolute atomic E-state index is 2.31. The van der Waals surface area contributed by atoms with E-state index >= 15 is 0 Å². The lowest BCUT2D eigenvalue weighted by molar-refractivity contribution is 1.35. The van der Waals surface area contributed by atoms with Gasteiger partial charge in [-0.1, -0.05) is 59.8 Å². The summed E-state index contributed by atoms with van der Waals surface area (Å²) in [6.07, 6.45) is 0. The highest BCUT2D eigenvalue weighted by molar-refractivity contribution is 6.73. The molecule has 0 nitrogen and oxygen atoms in total. The lowest BCUT2D eigenvalue weighted by atomic mass is 10.1. The molecule has 2 aromatic carbocycles. The highest BCUT2D eigenvalue weighted by Gasteiger charge is 2.23. The molecule has 1 heterocycles. The van der Waals surface area contributed by atoms with E-state index in [0.717, 1.165) is 0 Å². The molecular formula is C14H14Si. The summed E-state index contributed by atoms with van der Waals surface area (Å²) in [6, 6.07) is 22.7. The van der Waals surface area contributed by atoms with Crippen molar-refractivity contribution in [2.75, 3.05) is 0 Å². The van der Waals surface area contributed by atoms with E-state index in [4.69, 9.17) is 0 Å². The van der Waals surface area contributed by atoms with Gasteiger partial charge in [-0.25, -0.2) is 0 Å². The monoisotopic (exact) mass is 210 g/mol. The van der Waals surface area contributed by atoms with Crippen LogP contribution in [0.2, 0.25) is 0 Å². The molecule has 1 aliphatic rings. The van der Waals surface area contributed by atoms with Crippen LogP contribution < -0.4 is 5.19 Å². The lowest BCUT2D eigenvalue weighted by Crippen LogP contribution is -2.31. The molecule has 0 spiro atoms. The number of hydrogen-bond donors (Lipinski definition) is 0. The Kier molecular flexibility index (Phi) is 2.18. The van der Waals surface area contributed by atoms with Gasteiger partial charge in [0.2, 0.25) is 0 Å². The van der Waals surface area contributed by atoms with Crippen LogP contribution in [0.3, 0.4) is 0 Å². The molecule has 0 fully saturated rings. The molecule has 0 unspecified atom stereocenters. The average Bonchev–Trinajstić information content (AvgIpc) is 2.74. The predicted molar refractivity (Wildman–Crippen MR) is 67.1 cm³/mol. The van der Waals surface area contributed by atoms with Crippen LogP contribution in [-0.4, -0.2) is 8.80 Å². The Morgan fingerprint density at radius 2 is 1.20 bits per heavy atom. The van der Waals surface area contributed by atoms with Crippen molar-refractivity contribution >= 4 is 14.0 Å². The van der Waals surface area contributed by atoms with Crippen LogP contribution in [0.25, 0.3) is 0 Å². The van der Waals surface area contributed by atoms with Gasteiger partial charge in [-0.3, -0.25) is 0 Å². The van der Waals surface area contributed by atoms with E-state index in [1.807, 2.05) is 0 Å². The summed E-state index contributed by atoms with van der Waals surface area (Å²) >= 11 is 0. The Morgan fingerprint density at radius 1 is 0.667 bits per heavy atom. The minimum absolute atomic E-state index is 0.727. The fourth-order valence-corrected chi connectivity index (χ4v) is 5.76. The van der Waals surface area contributed by atoms with Crippen molar-refractivity contribution in [1.29, 1.82) is 0 Å². The highest BCUT2D eigenvalue weighted by Crippen LogP contribution is 2.20. The van der Waals surface area contributed by atoms with Gasteiger partial charge < -0.3 is 0 Å². The first-order valence-electron chi connectivity index (χ1n) is 5.55. The molecule has 0 radical (unpaired) electrons. The van der Waals surface area contributed by atoms with E-state index in [9.17, 15) is 0 Å². The Morgan fingerprint density at radius 3 is 1.80 bits per heavy atom. The van der Waals surface area contributed by atoms with E-state index in [-0.39, 0.29) is 0 Å². The van der Waals surface area contributed by atoms with Crippen molar-refractivity contribution < 1.29 is 0 Å². The molecule has 0 aromatic heterocycles. The molecule has 3 rings (SSSR count). The van der Waals surface area contributed by atoms with Crippen LogP contribution in [0, 0.1) is 0 Å². The smallest absolute Gasteiger partial charge is 0.0633 e. The maximum Gasteiger partial charge on any atom is 0.0794 e. The third kappa shape index (κ3) is 1.63. The number of fused-ring (bicyclic) bond motifs is 1. The molecule has 74 valence electrons. The second-order valence-electron chi connectivity index (χ2n) is 4.28. The van der Waals surface area contributed by atoms with Crippen LogP contribution in [0.4, 0.5) is 0 Å². The van der Waals surface area contributed by atoms with E-state index in [1.165, 1.54) is 12.1 Å². The first-order chi connectivity index (χ1) is 7.43. The normalized spacial score (nSPS) is 15.2. The fourth-order valence-electron chi connectivity index (χ4n) is 2.52. The van der Waals surface area contributed by atoms with Crippen LogP contribution in [-0.2, 0) is 12.1 Å². The quantitative estimate of drug-likeness (QED) is 0.632. The minimum atomic E-state index is -0.727. The summed E-state index contributed by atoms with van der Waals surface area (Å²) in [5, 5.41) is 1.62. The Bertz CT molecular complexity index is 437. The molecule has 15 heavy (non-hydrogen) atoms. The third-order valence-corrected chi connectivity index (χ3v) is 6.51. The summed E-state index contributed by atoms with van der Waals surface area (Å²) in [5.74, 6) is 0. The number of rotatable bonds is 1. The van der Waals surface area contributed by atoms with Crippen molar-refractivity contribution in [1.82, 2.24) is 0 Å². The number of hydrogen-bond acceptors (Lipinski definition) is 0. The zero-order chi connectivity index (χ0) is 10.1. The van der Waals surface area contributed by atoms with Gasteiger partial charge in [-0.15, -0.1) is 0 Å². The van der Waals surface area contributed by atoms with Crippen molar-refractivity contribution in [2.24, 2.45) is 0 Å². The summed E-state index contributed by atoms with van der Waals surface area (Å²) in [4.78, 5) is 0. The van der Waals surface area contributed by atoms with Crippen molar-refractivity contribution in [3.05, 3.63) is 65.7 Å². The first-order valence-corrected chi connectivity index (χ1v) is 7.76. The average molecular weight is 210 g/mol. The van der Waals surface area contributed by atoms with Crippen molar-refractivity contribution in [3.8, 4) is 0 Å². The number of benzene rings is 2. The van der Waals surface area contributed by atoms with Gasteiger partial charge in [0.15, 0.2) is 0 Å². The second-order valence-corrected chi connectivity index (χ2v) is 7.16. The molecule has 1 aliphatic heterocycles. The van der Waals surface area contributed by atoms with Crippen molar-refractivity contribution in [3.63, 3.8) is 0 Å². The maximum atomic E-state index is 2.31. The largest absolute Gasteiger partial charge is 0.0794 e. The first kappa shape index (κ1) is 8.92. The van der Waals surface area contributed by atoms with Gasteiger partial charge in [0.25, 0.3) is 0 Å². The summed E-state index contributed by atoms with van der Waals surface area (Å²) in [7, 11) is -0.727. The summed E-state index contributed by atoms with van der Waals surface area (Å²) < 4.78 is 0. The molecule has 0 bridgehead atoms. The van der Waals surface area contributed by atoms with Gasteiger partial charge >= 0.3 is 0 Å². The SMILES string of the molecule is c1ccc([SiH]2Cc3ccccc3C2)cc1. The zero-order valence-electron chi connectivity index (χ0n) is 8.69. The lowest BCUT2D eigenvalue weighted by Gasteiger charge is -2.06. The van der Waals surface area contributed by atoms with Gasteiger partial charge in [0.1, 0.15) is 0 Å². The molecule has 0 saturated carbocycles. The molecule has 0 aliphatic carbocycles. The zero-order valence-corrected chi connectivity index (χ0v) is 9.84. The molecule has 0 amide bonds. The van der Waals surface area contributed by atoms with Crippen LogP contribution in [0.1, 0.15) is 11.1 Å². The molecule has 1 heteroatoms. The summed E-state index contributed by atoms with van der Waals surface area (Å²) in [6.45, 7) is 0. The summed E-state index contributed by atoms with van der Waals surface area (Å²) in [5.41, 5.74) is 3.19. The molecule has 2 aromatic rings. The second kappa shape index (κ2) is 3.67. The molecular weight excluding hydrogens is 196 g/mol. The van der Waals surface area contributed by atoms with Gasteiger partial charge in [0.05, 0.1) is 8.80 Å². The third-order valence-electron chi connectivity index (χ3n) is 3.32. The molecule has 0 saturated heterocycles. The van der Waals surface area contributed by atoms with Gasteiger partial charge in [-0.2, -0.15) is 0 Å². The van der Waals surface area contributed by atoms with E-state index in [1.54, 1.807) is 16.3 Å². The van der Waals surface area contributed by atoms with Crippen LogP contribution in [0.5, 0.6) is 0 Å². The van der Waals surface area contributed by atoms with E-state index in [2.05, 4.69) is 54.6 Å². The van der Waals surface area contributed by atoms with E-state index < -0.39 is 8.80 Å². The van der Waals surface area contributed by atoms with Crippen LogP contribution in [0.15, 0.2) is 54.6 Å². The molecule has 0 atom stereocenters. The Hall–Kier alpha value is -1.34. The van der Waals surface area contributed by atoms with Gasteiger partial charge in [-0.05, 0) is 23.2 Å². The fraction of sp³-hybridized carbons (Fsp3) is 0.143. The van der Waals surface area contributed by atoms with Crippen LogP contribution >= 0.6 is 0 Å². The van der Waals surface area contributed by atoms with Crippen molar-refractivity contribution in [2.45, 2.75) is 12.1 Å².